The number of nitrogens with zero attached hydrogens (tertiary/aromatic N) is 1. The van der Waals surface area contributed by atoms with Gasteiger partial charge in [0, 0.05) is 20.2 Å². The van der Waals surface area contributed by atoms with Crippen LogP contribution < -0.4 is 10.0 Å². The molecule has 1 saturated heterocycles. The van der Waals surface area contributed by atoms with E-state index >= 15 is 0 Å². The first-order chi connectivity index (χ1) is 9.54. The summed E-state index contributed by atoms with van der Waals surface area (Å²) in [5.41, 5.74) is 1.16. The highest BCUT2D eigenvalue weighted by Gasteiger charge is 2.30. The topological polar surface area (TPSA) is 91.2 Å². The lowest BCUT2D eigenvalue weighted by Gasteiger charge is -2.18. The molecule has 0 aliphatic carbocycles. The van der Waals surface area contributed by atoms with Crippen LogP contribution >= 0.6 is 0 Å². The molecule has 1 aromatic carbocycles. The molecule has 108 valence electrons. The van der Waals surface area contributed by atoms with Crippen LogP contribution in [0.2, 0.25) is 0 Å². The quantitative estimate of drug-likeness (QED) is 0.795. The summed E-state index contributed by atoms with van der Waals surface area (Å²) in [4.78, 5) is 0. The highest BCUT2D eigenvalue weighted by atomic mass is 32.2. The molecule has 1 aromatic rings. The van der Waals surface area contributed by atoms with E-state index in [9.17, 15) is 8.42 Å². The number of sulfonamides is 1. The van der Waals surface area contributed by atoms with Gasteiger partial charge in [-0.1, -0.05) is 12.1 Å². The Bertz CT molecular complexity index is 592. The lowest BCUT2D eigenvalue weighted by Crippen LogP contribution is -2.43. The van der Waals surface area contributed by atoms with Crippen molar-refractivity contribution in [1.82, 2.24) is 10.0 Å². The van der Waals surface area contributed by atoms with Gasteiger partial charge < -0.3 is 10.1 Å². The molecule has 2 N–H and O–H groups in total. The summed E-state index contributed by atoms with van der Waals surface area (Å²) in [6.45, 7) is 1.20. The Hall–Kier alpha value is -1.46. The fraction of sp³-hybridized carbons (Fsp3) is 0.462. The summed E-state index contributed by atoms with van der Waals surface area (Å²) in [5.74, 6) is -0.106. The van der Waals surface area contributed by atoms with Gasteiger partial charge in [0.2, 0.25) is 10.0 Å². The van der Waals surface area contributed by atoms with Gasteiger partial charge in [-0.25, -0.2) is 13.1 Å². The van der Waals surface area contributed by atoms with E-state index in [1.807, 2.05) is 6.07 Å². The minimum Gasteiger partial charge on any atom is -0.378 e. The summed E-state index contributed by atoms with van der Waals surface area (Å²) in [5, 5.41) is 11.8. The van der Waals surface area contributed by atoms with E-state index in [1.54, 1.807) is 31.4 Å². The van der Waals surface area contributed by atoms with E-state index in [0.29, 0.717) is 24.2 Å². The van der Waals surface area contributed by atoms with Gasteiger partial charge in [0.15, 0.2) is 0 Å². The number of methoxy groups -OCH3 is 1. The fourth-order valence-electron chi connectivity index (χ4n) is 2.19. The van der Waals surface area contributed by atoms with Gasteiger partial charge in [0.05, 0.1) is 29.5 Å². The maximum Gasteiger partial charge on any atom is 0.216 e. The second-order valence-corrected chi connectivity index (χ2v) is 6.48. The zero-order valence-electron chi connectivity index (χ0n) is 11.2. The molecule has 0 radical (unpaired) electrons. The molecule has 20 heavy (non-hydrogen) atoms. The Kier molecular flexibility index (Phi) is 4.73. The first-order valence-corrected chi connectivity index (χ1v) is 7.92. The Labute approximate surface area is 118 Å². The second-order valence-electron chi connectivity index (χ2n) is 4.72. The van der Waals surface area contributed by atoms with Crippen LogP contribution in [0.15, 0.2) is 24.3 Å². The molecule has 0 amide bonds. The van der Waals surface area contributed by atoms with Crippen molar-refractivity contribution in [2.24, 2.45) is 0 Å². The standard InChI is InChI=1S/C13H17N3O3S/c1-19-13-8-15-7-12(13)16-20(17,18)9-11-4-2-10(6-14)3-5-11/h2-5,12-13,15-16H,7-9H2,1H3/t12?,13-/m0/s1. The van der Waals surface area contributed by atoms with Crippen LogP contribution in [0.25, 0.3) is 0 Å². The highest BCUT2D eigenvalue weighted by Crippen LogP contribution is 2.10. The van der Waals surface area contributed by atoms with Crippen molar-refractivity contribution in [3.05, 3.63) is 35.4 Å². The third kappa shape index (κ3) is 3.77. The van der Waals surface area contributed by atoms with Gasteiger partial charge in [0.1, 0.15) is 0 Å². The first kappa shape index (κ1) is 14.9. The van der Waals surface area contributed by atoms with Crippen molar-refractivity contribution in [2.45, 2.75) is 17.9 Å². The highest BCUT2D eigenvalue weighted by molar-refractivity contribution is 7.88. The van der Waals surface area contributed by atoms with E-state index < -0.39 is 10.0 Å². The second kappa shape index (κ2) is 6.33. The van der Waals surface area contributed by atoms with Crippen LogP contribution in [0.3, 0.4) is 0 Å². The summed E-state index contributed by atoms with van der Waals surface area (Å²) in [6, 6.07) is 8.28. The van der Waals surface area contributed by atoms with Gasteiger partial charge in [-0.2, -0.15) is 5.26 Å². The van der Waals surface area contributed by atoms with E-state index in [0.717, 1.165) is 0 Å². The maximum atomic E-state index is 12.1. The SMILES string of the molecule is CO[C@H]1CNCC1NS(=O)(=O)Cc1ccc(C#N)cc1. The Morgan fingerprint density at radius 1 is 1.40 bits per heavy atom. The minimum absolute atomic E-state index is 0.106. The number of nitriles is 1. The molecule has 7 heteroatoms. The molecule has 2 atom stereocenters. The van der Waals surface area contributed by atoms with Crippen LogP contribution in [0.1, 0.15) is 11.1 Å². The summed E-state index contributed by atoms with van der Waals surface area (Å²) < 4.78 is 32.1. The van der Waals surface area contributed by atoms with E-state index in [1.165, 1.54) is 0 Å². The smallest absolute Gasteiger partial charge is 0.216 e. The van der Waals surface area contributed by atoms with Gasteiger partial charge in [0.25, 0.3) is 0 Å². The molecule has 2 rings (SSSR count). The molecule has 0 bridgehead atoms. The Morgan fingerprint density at radius 2 is 2.10 bits per heavy atom. The Morgan fingerprint density at radius 3 is 2.70 bits per heavy atom. The van der Waals surface area contributed by atoms with Crippen molar-refractivity contribution in [1.29, 1.82) is 5.26 Å². The van der Waals surface area contributed by atoms with Crippen LogP contribution in [-0.4, -0.2) is 40.8 Å². The van der Waals surface area contributed by atoms with Crippen molar-refractivity contribution in [2.75, 3.05) is 20.2 Å². The lowest BCUT2D eigenvalue weighted by molar-refractivity contribution is 0.103. The van der Waals surface area contributed by atoms with E-state index in [4.69, 9.17) is 10.00 Å². The molecule has 6 nitrogen and oxygen atoms in total. The molecule has 1 aliphatic heterocycles. The van der Waals surface area contributed by atoms with Gasteiger partial charge in [-0.05, 0) is 17.7 Å². The van der Waals surface area contributed by atoms with E-state index in [-0.39, 0.29) is 17.9 Å². The number of ether oxygens (including phenoxy) is 1. The normalized spacial score (nSPS) is 22.6. The number of rotatable bonds is 5. The van der Waals surface area contributed by atoms with Crippen LogP contribution in [-0.2, 0) is 20.5 Å². The third-order valence-electron chi connectivity index (χ3n) is 3.23. The molecule has 0 saturated carbocycles. The molecule has 1 heterocycles. The number of nitrogens with one attached hydrogen (secondary N) is 2. The molecule has 0 spiro atoms. The predicted molar refractivity (Wildman–Crippen MR) is 74.4 cm³/mol. The zero-order valence-corrected chi connectivity index (χ0v) is 12.0. The Balaban J connectivity index is 2.01. The third-order valence-corrected chi connectivity index (χ3v) is 4.61. The van der Waals surface area contributed by atoms with Crippen molar-refractivity contribution < 1.29 is 13.2 Å². The summed E-state index contributed by atoms with van der Waals surface area (Å²) >= 11 is 0. The van der Waals surface area contributed by atoms with Gasteiger partial charge in [-0.15, -0.1) is 0 Å². The minimum atomic E-state index is -3.43. The van der Waals surface area contributed by atoms with Crippen LogP contribution in [0.4, 0.5) is 0 Å². The first-order valence-electron chi connectivity index (χ1n) is 6.26. The van der Waals surface area contributed by atoms with Crippen molar-refractivity contribution in [3.63, 3.8) is 0 Å². The lowest BCUT2D eigenvalue weighted by atomic mass is 10.2. The summed E-state index contributed by atoms with van der Waals surface area (Å²) in [6.07, 6.45) is -0.147. The molecular formula is C13H17N3O3S. The van der Waals surface area contributed by atoms with Gasteiger partial charge >= 0.3 is 0 Å². The average Bonchev–Trinajstić information content (AvgIpc) is 2.85. The number of hydrogen-bond acceptors (Lipinski definition) is 5. The fourth-order valence-corrected chi connectivity index (χ4v) is 3.60. The van der Waals surface area contributed by atoms with Crippen LogP contribution in [0.5, 0.6) is 0 Å². The summed E-state index contributed by atoms with van der Waals surface area (Å²) in [7, 11) is -1.86. The molecule has 1 unspecified atom stereocenters. The maximum absolute atomic E-state index is 12.1. The molecule has 1 aliphatic rings. The van der Waals surface area contributed by atoms with Crippen molar-refractivity contribution in [3.8, 4) is 6.07 Å². The van der Waals surface area contributed by atoms with Crippen LogP contribution in [0, 0.1) is 11.3 Å². The molecule has 0 aromatic heterocycles. The number of benzene rings is 1. The molecule has 1 fully saturated rings. The zero-order chi connectivity index (χ0) is 14.6. The molecular weight excluding hydrogens is 278 g/mol. The monoisotopic (exact) mass is 295 g/mol. The van der Waals surface area contributed by atoms with E-state index in [2.05, 4.69) is 10.0 Å². The van der Waals surface area contributed by atoms with Gasteiger partial charge in [-0.3, -0.25) is 0 Å². The largest absolute Gasteiger partial charge is 0.378 e. The van der Waals surface area contributed by atoms with Crippen molar-refractivity contribution >= 4 is 10.0 Å². The number of hydrogen-bond donors (Lipinski definition) is 2. The predicted octanol–water partition coefficient (Wildman–Crippen LogP) is -0.0355. The average molecular weight is 295 g/mol.